The molecule has 1 aromatic carbocycles. The first-order valence-electron chi connectivity index (χ1n) is 9.72. The quantitative estimate of drug-likeness (QED) is 0.851. The maximum absolute atomic E-state index is 13.0. The van der Waals surface area contributed by atoms with Crippen LogP contribution in [0.5, 0.6) is 0 Å². The maximum Gasteiger partial charge on any atom is 0.272 e. The van der Waals surface area contributed by atoms with Crippen molar-refractivity contribution in [1.82, 2.24) is 14.9 Å². The van der Waals surface area contributed by atoms with Crippen molar-refractivity contribution in [2.45, 2.75) is 51.6 Å². The standard InChI is InChI=1S/C21H26N4O/c1-2-18-9-5-6-13-25(18)21-22-12-10-19(23-21)20(26)24-14-11-16-7-3-4-8-17(16)15-24/h3-4,7-8,10,12,18H,2,5-6,9,11,13-15H2,1H3. The lowest BCUT2D eigenvalue weighted by molar-refractivity contribution is 0.0728. The van der Waals surface area contributed by atoms with E-state index in [1.807, 2.05) is 11.0 Å². The minimum atomic E-state index is 0.00760. The Kier molecular flexibility index (Phi) is 4.87. The lowest BCUT2D eigenvalue weighted by atomic mass is 10.00. The summed E-state index contributed by atoms with van der Waals surface area (Å²) in [5.74, 6) is 0.716. The van der Waals surface area contributed by atoms with Gasteiger partial charge >= 0.3 is 0 Å². The predicted octanol–water partition coefficient (Wildman–Crippen LogP) is 3.44. The molecule has 0 radical (unpaired) electrons. The Balaban J connectivity index is 1.54. The number of piperidine rings is 1. The van der Waals surface area contributed by atoms with Gasteiger partial charge in [-0.1, -0.05) is 31.2 Å². The SMILES string of the molecule is CCC1CCCCN1c1nccc(C(=O)N2CCc3ccccc3C2)n1. The average molecular weight is 350 g/mol. The highest BCUT2D eigenvalue weighted by molar-refractivity contribution is 5.92. The van der Waals surface area contributed by atoms with Crippen molar-refractivity contribution in [3.05, 3.63) is 53.3 Å². The van der Waals surface area contributed by atoms with Crippen LogP contribution in [0.4, 0.5) is 5.95 Å². The van der Waals surface area contributed by atoms with Crippen LogP contribution in [0, 0.1) is 0 Å². The van der Waals surface area contributed by atoms with Gasteiger partial charge in [0.15, 0.2) is 0 Å². The number of carbonyl (C=O) groups excluding carboxylic acids is 1. The van der Waals surface area contributed by atoms with Crippen molar-refractivity contribution in [2.24, 2.45) is 0 Å². The Morgan fingerprint density at radius 3 is 2.85 bits per heavy atom. The highest BCUT2D eigenvalue weighted by Gasteiger charge is 2.26. The van der Waals surface area contributed by atoms with Gasteiger partial charge in [0, 0.05) is 31.9 Å². The molecule has 1 aromatic heterocycles. The zero-order valence-electron chi connectivity index (χ0n) is 15.4. The lowest BCUT2D eigenvalue weighted by Gasteiger charge is -2.35. The number of nitrogens with zero attached hydrogens (tertiary/aromatic N) is 4. The molecule has 5 nitrogen and oxygen atoms in total. The Labute approximate surface area is 155 Å². The molecule has 1 unspecified atom stereocenters. The van der Waals surface area contributed by atoms with Crippen molar-refractivity contribution in [2.75, 3.05) is 18.0 Å². The molecule has 0 spiro atoms. The predicted molar refractivity (Wildman–Crippen MR) is 102 cm³/mol. The number of hydrogen-bond donors (Lipinski definition) is 0. The molecule has 0 saturated carbocycles. The number of fused-ring (bicyclic) bond motifs is 1. The van der Waals surface area contributed by atoms with E-state index in [0.29, 0.717) is 24.2 Å². The van der Waals surface area contributed by atoms with Crippen LogP contribution in [0.1, 0.15) is 54.2 Å². The van der Waals surface area contributed by atoms with Crippen molar-refractivity contribution in [3.63, 3.8) is 0 Å². The second-order valence-electron chi connectivity index (χ2n) is 7.24. The summed E-state index contributed by atoms with van der Waals surface area (Å²) in [6.45, 7) is 4.60. The van der Waals surface area contributed by atoms with Gasteiger partial charge in [0.25, 0.3) is 5.91 Å². The molecular weight excluding hydrogens is 324 g/mol. The number of amides is 1. The van der Waals surface area contributed by atoms with E-state index in [1.165, 1.54) is 30.4 Å². The minimum absolute atomic E-state index is 0.00760. The third-order valence-electron chi connectivity index (χ3n) is 5.64. The van der Waals surface area contributed by atoms with Crippen LogP contribution in [-0.4, -0.2) is 39.9 Å². The molecule has 4 rings (SSSR count). The Hall–Kier alpha value is -2.43. The molecule has 2 aliphatic heterocycles. The molecule has 136 valence electrons. The number of carbonyl (C=O) groups is 1. The first-order chi connectivity index (χ1) is 12.8. The van der Waals surface area contributed by atoms with E-state index >= 15 is 0 Å². The zero-order chi connectivity index (χ0) is 17.9. The number of anilines is 1. The highest BCUT2D eigenvalue weighted by atomic mass is 16.2. The molecule has 1 saturated heterocycles. The zero-order valence-corrected chi connectivity index (χ0v) is 15.4. The van der Waals surface area contributed by atoms with E-state index in [-0.39, 0.29) is 5.91 Å². The van der Waals surface area contributed by atoms with Crippen molar-refractivity contribution >= 4 is 11.9 Å². The van der Waals surface area contributed by atoms with Gasteiger partial charge in [-0.3, -0.25) is 4.79 Å². The summed E-state index contributed by atoms with van der Waals surface area (Å²) >= 11 is 0. The van der Waals surface area contributed by atoms with Gasteiger partial charge in [-0.25, -0.2) is 9.97 Å². The molecule has 1 amide bonds. The van der Waals surface area contributed by atoms with Crippen molar-refractivity contribution in [3.8, 4) is 0 Å². The van der Waals surface area contributed by atoms with E-state index in [4.69, 9.17) is 0 Å². The molecule has 1 fully saturated rings. The first-order valence-corrected chi connectivity index (χ1v) is 9.72. The van der Waals surface area contributed by atoms with Crippen LogP contribution < -0.4 is 4.90 Å². The first kappa shape index (κ1) is 17.0. The second-order valence-corrected chi connectivity index (χ2v) is 7.24. The molecule has 5 heteroatoms. The van der Waals surface area contributed by atoms with Gasteiger partial charge in [0.1, 0.15) is 5.69 Å². The minimum Gasteiger partial charge on any atom is -0.338 e. The fourth-order valence-corrected chi connectivity index (χ4v) is 4.13. The van der Waals surface area contributed by atoms with Crippen LogP contribution in [0.25, 0.3) is 0 Å². The Bertz CT molecular complexity index is 791. The summed E-state index contributed by atoms with van der Waals surface area (Å²) in [5.41, 5.74) is 3.09. The van der Waals surface area contributed by atoms with E-state index in [2.05, 4.69) is 40.0 Å². The van der Waals surface area contributed by atoms with Gasteiger partial charge < -0.3 is 9.80 Å². The second kappa shape index (κ2) is 7.44. The monoisotopic (exact) mass is 350 g/mol. The molecule has 2 aliphatic rings. The molecule has 26 heavy (non-hydrogen) atoms. The van der Waals surface area contributed by atoms with Gasteiger partial charge in [-0.05, 0) is 49.3 Å². The van der Waals surface area contributed by atoms with E-state index in [9.17, 15) is 4.79 Å². The van der Waals surface area contributed by atoms with Crippen LogP contribution >= 0.6 is 0 Å². The molecular formula is C21H26N4O. The number of aromatic nitrogens is 2. The Morgan fingerprint density at radius 2 is 2.00 bits per heavy atom. The van der Waals surface area contributed by atoms with Crippen LogP contribution in [0.2, 0.25) is 0 Å². The van der Waals surface area contributed by atoms with Gasteiger partial charge in [0.05, 0.1) is 0 Å². The molecule has 0 N–H and O–H groups in total. The van der Waals surface area contributed by atoms with Crippen LogP contribution in [0.15, 0.2) is 36.5 Å². The molecule has 3 heterocycles. The summed E-state index contributed by atoms with van der Waals surface area (Å²) in [5, 5.41) is 0. The normalized spacial score (nSPS) is 20.0. The van der Waals surface area contributed by atoms with Crippen LogP contribution in [-0.2, 0) is 13.0 Å². The summed E-state index contributed by atoms with van der Waals surface area (Å²) in [4.78, 5) is 26.3. The van der Waals surface area contributed by atoms with Crippen LogP contribution in [0.3, 0.4) is 0 Å². The molecule has 1 atom stereocenters. The van der Waals surface area contributed by atoms with E-state index < -0.39 is 0 Å². The molecule has 0 aliphatic carbocycles. The lowest BCUT2D eigenvalue weighted by Crippen LogP contribution is -2.41. The molecule has 2 aromatic rings. The fraction of sp³-hybridized carbons (Fsp3) is 0.476. The van der Waals surface area contributed by atoms with Crippen molar-refractivity contribution < 1.29 is 4.79 Å². The van der Waals surface area contributed by atoms with E-state index in [1.54, 1.807) is 12.3 Å². The highest BCUT2D eigenvalue weighted by Crippen LogP contribution is 2.24. The maximum atomic E-state index is 13.0. The third kappa shape index (κ3) is 3.30. The number of rotatable bonds is 3. The third-order valence-corrected chi connectivity index (χ3v) is 5.64. The van der Waals surface area contributed by atoms with Crippen molar-refractivity contribution in [1.29, 1.82) is 0 Å². The van der Waals surface area contributed by atoms with E-state index in [0.717, 1.165) is 25.9 Å². The average Bonchev–Trinajstić information content (AvgIpc) is 2.73. The largest absolute Gasteiger partial charge is 0.338 e. The van der Waals surface area contributed by atoms with Gasteiger partial charge in [-0.2, -0.15) is 0 Å². The summed E-state index contributed by atoms with van der Waals surface area (Å²) in [6, 6.07) is 10.6. The summed E-state index contributed by atoms with van der Waals surface area (Å²) in [7, 11) is 0. The topological polar surface area (TPSA) is 49.3 Å². The number of hydrogen-bond acceptors (Lipinski definition) is 4. The van der Waals surface area contributed by atoms with Gasteiger partial charge in [-0.15, -0.1) is 0 Å². The Morgan fingerprint density at radius 1 is 1.15 bits per heavy atom. The summed E-state index contributed by atoms with van der Waals surface area (Å²) in [6.07, 6.45) is 7.34. The number of benzene rings is 1. The summed E-state index contributed by atoms with van der Waals surface area (Å²) < 4.78 is 0. The molecule has 0 bridgehead atoms. The fourth-order valence-electron chi connectivity index (χ4n) is 4.13. The van der Waals surface area contributed by atoms with Gasteiger partial charge in [0.2, 0.25) is 5.95 Å². The smallest absolute Gasteiger partial charge is 0.272 e.